The zero-order chi connectivity index (χ0) is 24.1. The van der Waals surface area contributed by atoms with Crippen LogP contribution < -0.4 is 4.74 Å². The molecule has 0 unspecified atom stereocenters. The van der Waals surface area contributed by atoms with E-state index in [-0.39, 0.29) is 24.6 Å². The van der Waals surface area contributed by atoms with Gasteiger partial charge in [-0.05, 0) is 37.1 Å². The largest absolute Gasteiger partial charge is 0.497 e. The molecule has 0 aliphatic carbocycles. The maximum Gasteiger partial charge on any atom is 0.409 e. The summed E-state index contributed by atoms with van der Waals surface area (Å²) in [6, 6.07) is 15.8. The first-order valence-corrected chi connectivity index (χ1v) is 11.7. The number of hydrogen-bond acceptors (Lipinski definition) is 6. The molecule has 8 nitrogen and oxygen atoms in total. The zero-order valence-corrected chi connectivity index (χ0v) is 20.1. The molecular weight excluding hydrogens is 432 g/mol. The summed E-state index contributed by atoms with van der Waals surface area (Å²) in [5, 5.41) is 6.42. The number of piperazine rings is 1. The lowest BCUT2D eigenvalue weighted by Crippen LogP contribution is -2.51. The van der Waals surface area contributed by atoms with E-state index in [0.717, 1.165) is 28.2 Å². The van der Waals surface area contributed by atoms with E-state index in [9.17, 15) is 9.59 Å². The third-order valence-electron chi connectivity index (χ3n) is 6.25. The molecule has 1 fully saturated rings. The molecule has 2 aromatic carbocycles. The molecule has 2 aliphatic rings. The third kappa shape index (κ3) is 5.39. The van der Waals surface area contributed by atoms with Gasteiger partial charge < -0.3 is 14.4 Å². The molecule has 1 atom stereocenters. The highest BCUT2D eigenvalue weighted by Gasteiger charge is 2.34. The predicted octanol–water partition coefficient (Wildman–Crippen LogP) is 3.46. The summed E-state index contributed by atoms with van der Waals surface area (Å²) in [5.74, 6) is 0.698. The number of benzene rings is 2. The Bertz CT molecular complexity index is 1060. The summed E-state index contributed by atoms with van der Waals surface area (Å²) in [7, 11) is 1.64. The first-order valence-electron chi connectivity index (χ1n) is 11.7. The van der Waals surface area contributed by atoms with Crippen molar-refractivity contribution in [1.82, 2.24) is 14.8 Å². The number of hydrogen-bond donors (Lipinski definition) is 0. The highest BCUT2D eigenvalue weighted by atomic mass is 16.6. The number of amides is 2. The lowest BCUT2D eigenvalue weighted by atomic mass is 9.97. The molecule has 2 aliphatic heterocycles. The molecule has 1 saturated heterocycles. The quantitative estimate of drug-likeness (QED) is 0.655. The summed E-state index contributed by atoms with van der Waals surface area (Å²) in [6.07, 6.45) is 0.345. The fourth-order valence-corrected chi connectivity index (χ4v) is 4.41. The fraction of sp³-hybridized carbons (Fsp3) is 0.423. The molecule has 4 rings (SSSR count). The monoisotopic (exact) mass is 464 g/mol. The van der Waals surface area contributed by atoms with Crippen molar-refractivity contribution in [1.29, 1.82) is 0 Å². The number of carbonyl (C=O) groups is 2. The smallest absolute Gasteiger partial charge is 0.409 e. The number of ether oxygens (including phenoxy) is 2. The van der Waals surface area contributed by atoms with Crippen molar-refractivity contribution in [3.63, 3.8) is 0 Å². The van der Waals surface area contributed by atoms with Gasteiger partial charge in [0.1, 0.15) is 5.75 Å². The summed E-state index contributed by atoms with van der Waals surface area (Å²) < 4.78 is 10.5. The van der Waals surface area contributed by atoms with Crippen LogP contribution >= 0.6 is 0 Å². The van der Waals surface area contributed by atoms with Gasteiger partial charge in [-0.2, -0.15) is 5.10 Å². The van der Waals surface area contributed by atoms with Crippen LogP contribution in [0.15, 0.2) is 53.6 Å². The van der Waals surface area contributed by atoms with Gasteiger partial charge in [-0.1, -0.05) is 42.0 Å². The molecule has 0 spiro atoms. The Kier molecular flexibility index (Phi) is 7.47. The zero-order valence-electron chi connectivity index (χ0n) is 20.1. The van der Waals surface area contributed by atoms with Crippen LogP contribution in [0.25, 0.3) is 0 Å². The molecule has 34 heavy (non-hydrogen) atoms. The van der Waals surface area contributed by atoms with E-state index in [1.165, 1.54) is 0 Å². The Morgan fingerprint density at radius 3 is 2.53 bits per heavy atom. The van der Waals surface area contributed by atoms with Gasteiger partial charge in [0.15, 0.2) is 0 Å². The molecule has 180 valence electrons. The molecule has 8 heteroatoms. The predicted molar refractivity (Wildman–Crippen MR) is 130 cm³/mol. The van der Waals surface area contributed by atoms with Crippen molar-refractivity contribution in [3.8, 4) is 5.75 Å². The fourth-order valence-electron chi connectivity index (χ4n) is 4.41. The van der Waals surface area contributed by atoms with Gasteiger partial charge >= 0.3 is 6.09 Å². The Labute approximate surface area is 200 Å². The number of hydrazone groups is 1. The SMILES string of the molecule is CCOC(=O)N1CCN(CC(=O)N2N=C(c3cccc(C)c3)C[C@H]2c2cccc(OC)c2)CC1. The molecule has 2 heterocycles. The van der Waals surface area contributed by atoms with Crippen molar-refractivity contribution < 1.29 is 19.1 Å². The first kappa shape index (κ1) is 23.8. The first-order chi connectivity index (χ1) is 16.5. The minimum atomic E-state index is -0.293. The summed E-state index contributed by atoms with van der Waals surface area (Å²) in [6.45, 7) is 6.80. The van der Waals surface area contributed by atoms with E-state index in [1.807, 2.05) is 36.4 Å². The number of methoxy groups -OCH3 is 1. The van der Waals surface area contributed by atoms with Gasteiger partial charge in [0.25, 0.3) is 5.91 Å². The average molecular weight is 465 g/mol. The van der Waals surface area contributed by atoms with Crippen LogP contribution in [0.1, 0.15) is 36.1 Å². The second-order valence-electron chi connectivity index (χ2n) is 8.61. The van der Waals surface area contributed by atoms with E-state index in [2.05, 4.69) is 24.0 Å². The van der Waals surface area contributed by atoms with Crippen LogP contribution in [0.5, 0.6) is 5.75 Å². The summed E-state index contributed by atoms with van der Waals surface area (Å²) in [4.78, 5) is 29.2. The highest BCUT2D eigenvalue weighted by molar-refractivity contribution is 6.03. The van der Waals surface area contributed by atoms with Gasteiger partial charge in [0.2, 0.25) is 0 Å². The van der Waals surface area contributed by atoms with Crippen LogP contribution in [-0.4, -0.2) is 79.0 Å². The van der Waals surface area contributed by atoms with Crippen molar-refractivity contribution in [2.45, 2.75) is 26.3 Å². The second kappa shape index (κ2) is 10.7. The van der Waals surface area contributed by atoms with Gasteiger partial charge in [-0.25, -0.2) is 9.80 Å². The van der Waals surface area contributed by atoms with Crippen LogP contribution in [0.4, 0.5) is 4.79 Å². The molecule has 0 bridgehead atoms. The maximum atomic E-state index is 13.5. The second-order valence-corrected chi connectivity index (χ2v) is 8.61. The Balaban J connectivity index is 1.51. The summed E-state index contributed by atoms with van der Waals surface area (Å²) in [5.41, 5.74) is 4.08. The van der Waals surface area contributed by atoms with Gasteiger partial charge in [-0.3, -0.25) is 9.69 Å². The van der Waals surface area contributed by atoms with Crippen LogP contribution in [0.2, 0.25) is 0 Å². The third-order valence-corrected chi connectivity index (χ3v) is 6.25. The van der Waals surface area contributed by atoms with E-state index in [4.69, 9.17) is 14.6 Å². The van der Waals surface area contributed by atoms with E-state index < -0.39 is 0 Å². The number of rotatable bonds is 6. The normalized spacial score (nSPS) is 18.6. The number of nitrogens with zero attached hydrogens (tertiary/aromatic N) is 4. The molecule has 0 radical (unpaired) electrons. The Hall–Kier alpha value is -3.39. The number of aryl methyl sites for hydroxylation is 1. The van der Waals surface area contributed by atoms with E-state index in [1.54, 1.807) is 23.9 Å². The van der Waals surface area contributed by atoms with Crippen LogP contribution in [-0.2, 0) is 9.53 Å². The van der Waals surface area contributed by atoms with Crippen molar-refractivity contribution in [2.75, 3.05) is 46.4 Å². The molecule has 2 aromatic rings. The minimum absolute atomic E-state index is 0.0555. The molecule has 0 saturated carbocycles. The lowest BCUT2D eigenvalue weighted by Gasteiger charge is -2.34. The van der Waals surface area contributed by atoms with Crippen LogP contribution in [0, 0.1) is 6.92 Å². The molecule has 0 aromatic heterocycles. The molecule has 2 amide bonds. The lowest BCUT2D eigenvalue weighted by molar-refractivity contribution is -0.134. The number of carbonyl (C=O) groups excluding carboxylic acids is 2. The maximum absolute atomic E-state index is 13.5. The van der Waals surface area contributed by atoms with Gasteiger partial charge in [0, 0.05) is 32.6 Å². The topological polar surface area (TPSA) is 74.7 Å². The summed E-state index contributed by atoms with van der Waals surface area (Å²) >= 11 is 0. The van der Waals surface area contributed by atoms with Gasteiger partial charge in [0.05, 0.1) is 32.0 Å². The standard InChI is InChI=1S/C26H32N4O4/c1-4-34-26(32)29-13-11-28(12-14-29)18-25(31)30-24(21-9-6-10-22(16-21)33-3)17-23(27-30)20-8-5-7-19(2)15-20/h5-10,15-16,24H,4,11-14,17-18H2,1-3H3/t24-/m0/s1. The van der Waals surface area contributed by atoms with Crippen LogP contribution in [0.3, 0.4) is 0 Å². The van der Waals surface area contributed by atoms with Gasteiger partial charge in [-0.15, -0.1) is 0 Å². The van der Waals surface area contributed by atoms with Crippen molar-refractivity contribution in [2.24, 2.45) is 5.10 Å². The van der Waals surface area contributed by atoms with E-state index >= 15 is 0 Å². The minimum Gasteiger partial charge on any atom is -0.497 e. The van der Waals surface area contributed by atoms with Crippen molar-refractivity contribution >= 4 is 17.7 Å². The molecular formula is C26H32N4O4. The average Bonchev–Trinajstić information content (AvgIpc) is 3.31. The Morgan fingerprint density at radius 2 is 1.82 bits per heavy atom. The Morgan fingerprint density at radius 1 is 1.06 bits per heavy atom. The highest BCUT2D eigenvalue weighted by Crippen LogP contribution is 2.34. The molecule has 0 N–H and O–H groups in total. The van der Waals surface area contributed by atoms with Crippen molar-refractivity contribution in [3.05, 3.63) is 65.2 Å². The van der Waals surface area contributed by atoms with E-state index in [0.29, 0.717) is 39.2 Å².